The van der Waals surface area contributed by atoms with E-state index in [9.17, 15) is 0 Å². The maximum absolute atomic E-state index is 5.35. The van der Waals surface area contributed by atoms with Gasteiger partial charge in [0, 0.05) is 18.5 Å². The Morgan fingerprint density at radius 1 is 1.50 bits per heavy atom. The number of hydrogen-bond donors (Lipinski definition) is 0. The third kappa shape index (κ3) is 2.66. The molecule has 0 fully saturated rings. The largest absolute Gasteiger partial charge is 0.380 e. The Balaban J connectivity index is 2.20. The van der Waals surface area contributed by atoms with E-state index in [0.717, 1.165) is 26.2 Å². The lowest BCUT2D eigenvalue weighted by atomic mass is 10.5. The molecule has 0 aliphatic heterocycles. The summed E-state index contributed by atoms with van der Waals surface area (Å²) in [5.74, 6) is 0. The van der Waals surface area contributed by atoms with Gasteiger partial charge in [0.2, 0.25) is 0 Å². The highest BCUT2D eigenvalue weighted by atomic mass is 16.5. The van der Waals surface area contributed by atoms with Crippen LogP contribution >= 0.6 is 0 Å². The number of hydrogen-bond acceptors (Lipinski definition) is 2. The summed E-state index contributed by atoms with van der Waals surface area (Å²) >= 11 is 0. The second kappa shape index (κ2) is 4.93. The van der Waals surface area contributed by atoms with Gasteiger partial charge in [-0.05, 0) is 19.4 Å². The molecule has 3 heteroatoms. The molecular formula is C9H16N2O. The van der Waals surface area contributed by atoms with Crippen LogP contribution in [0, 0.1) is 6.92 Å². The topological polar surface area (TPSA) is 27.1 Å². The molecule has 0 atom stereocenters. The number of aromatic nitrogens is 2. The molecule has 1 rings (SSSR count). The van der Waals surface area contributed by atoms with Crippen molar-refractivity contribution in [2.24, 2.45) is 0 Å². The van der Waals surface area contributed by atoms with E-state index < -0.39 is 0 Å². The van der Waals surface area contributed by atoms with E-state index in [4.69, 9.17) is 4.74 Å². The lowest BCUT2D eigenvalue weighted by molar-refractivity contribution is 0.124. The van der Waals surface area contributed by atoms with Crippen molar-refractivity contribution in [3.8, 4) is 0 Å². The summed E-state index contributed by atoms with van der Waals surface area (Å²) in [7, 11) is 0. The van der Waals surface area contributed by atoms with Crippen molar-refractivity contribution >= 4 is 0 Å². The molecule has 0 saturated carbocycles. The number of aryl methyl sites for hydroxylation is 1. The summed E-state index contributed by atoms with van der Waals surface area (Å²) in [4.78, 5) is 0. The van der Waals surface area contributed by atoms with Gasteiger partial charge < -0.3 is 4.74 Å². The smallest absolute Gasteiger partial charge is 0.0662 e. The molecule has 68 valence electrons. The van der Waals surface area contributed by atoms with Gasteiger partial charge >= 0.3 is 0 Å². The van der Waals surface area contributed by atoms with E-state index in [2.05, 4.69) is 12.0 Å². The summed E-state index contributed by atoms with van der Waals surface area (Å²) in [6, 6.07) is 2.00. The van der Waals surface area contributed by atoms with Crippen molar-refractivity contribution in [2.45, 2.75) is 26.8 Å². The average Bonchev–Trinajstić information content (AvgIpc) is 2.46. The first kappa shape index (κ1) is 9.26. The first-order valence-corrected chi connectivity index (χ1v) is 4.40. The van der Waals surface area contributed by atoms with Gasteiger partial charge in [-0.3, -0.25) is 4.68 Å². The summed E-state index contributed by atoms with van der Waals surface area (Å²) < 4.78 is 7.30. The van der Waals surface area contributed by atoms with Crippen molar-refractivity contribution in [3.63, 3.8) is 0 Å². The second-order valence-corrected chi connectivity index (χ2v) is 2.81. The maximum Gasteiger partial charge on any atom is 0.0662 e. The van der Waals surface area contributed by atoms with Gasteiger partial charge in [-0.1, -0.05) is 6.92 Å². The minimum atomic E-state index is 0.760. The van der Waals surface area contributed by atoms with Crippen molar-refractivity contribution in [2.75, 3.05) is 13.2 Å². The van der Waals surface area contributed by atoms with Crippen molar-refractivity contribution in [1.82, 2.24) is 9.78 Å². The lowest BCUT2D eigenvalue weighted by Gasteiger charge is -2.04. The zero-order chi connectivity index (χ0) is 8.81. The normalized spacial score (nSPS) is 10.5. The minimum Gasteiger partial charge on any atom is -0.380 e. The molecular weight excluding hydrogens is 152 g/mol. The molecule has 0 bridgehead atoms. The Morgan fingerprint density at radius 3 is 2.92 bits per heavy atom. The zero-order valence-corrected chi connectivity index (χ0v) is 7.79. The summed E-state index contributed by atoms with van der Waals surface area (Å²) in [5, 5.41) is 4.15. The molecule has 0 aromatic carbocycles. The average molecular weight is 168 g/mol. The van der Waals surface area contributed by atoms with E-state index in [1.54, 1.807) is 0 Å². The van der Waals surface area contributed by atoms with Crippen molar-refractivity contribution < 1.29 is 4.74 Å². The third-order valence-corrected chi connectivity index (χ3v) is 1.72. The van der Waals surface area contributed by atoms with Crippen LogP contribution in [-0.4, -0.2) is 23.0 Å². The molecule has 1 heterocycles. The van der Waals surface area contributed by atoms with Crippen LogP contribution in [0.15, 0.2) is 12.3 Å². The summed E-state index contributed by atoms with van der Waals surface area (Å²) in [5.41, 5.74) is 1.19. The fourth-order valence-electron chi connectivity index (χ4n) is 1.03. The van der Waals surface area contributed by atoms with Gasteiger partial charge in [-0.25, -0.2) is 0 Å². The predicted molar refractivity (Wildman–Crippen MR) is 48.1 cm³/mol. The Bertz CT molecular complexity index is 220. The van der Waals surface area contributed by atoms with E-state index >= 15 is 0 Å². The highest BCUT2D eigenvalue weighted by Gasteiger charge is 1.95. The summed E-state index contributed by atoms with van der Waals surface area (Å²) in [6.45, 7) is 6.63. The highest BCUT2D eigenvalue weighted by molar-refractivity contribution is 4.96. The maximum atomic E-state index is 5.35. The minimum absolute atomic E-state index is 0.760. The van der Waals surface area contributed by atoms with Crippen LogP contribution < -0.4 is 0 Å². The zero-order valence-electron chi connectivity index (χ0n) is 7.79. The molecule has 0 unspecified atom stereocenters. The first-order valence-electron chi connectivity index (χ1n) is 4.40. The third-order valence-electron chi connectivity index (χ3n) is 1.72. The monoisotopic (exact) mass is 168 g/mol. The van der Waals surface area contributed by atoms with Gasteiger partial charge in [0.1, 0.15) is 0 Å². The molecule has 3 nitrogen and oxygen atoms in total. The van der Waals surface area contributed by atoms with Gasteiger partial charge in [0.15, 0.2) is 0 Å². The Morgan fingerprint density at radius 2 is 2.33 bits per heavy atom. The molecule has 0 spiro atoms. The molecule has 0 amide bonds. The van der Waals surface area contributed by atoms with Crippen molar-refractivity contribution in [1.29, 1.82) is 0 Å². The molecule has 12 heavy (non-hydrogen) atoms. The van der Waals surface area contributed by atoms with Crippen LogP contribution in [0.1, 0.15) is 19.0 Å². The van der Waals surface area contributed by atoms with E-state index in [-0.39, 0.29) is 0 Å². The molecule has 0 N–H and O–H groups in total. The van der Waals surface area contributed by atoms with Crippen molar-refractivity contribution in [3.05, 3.63) is 18.0 Å². The lowest BCUT2D eigenvalue weighted by Crippen LogP contribution is -2.08. The van der Waals surface area contributed by atoms with Gasteiger partial charge in [-0.2, -0.15) is 5.10 Å². The molecule has 0 aliphatic rings. The van der Waals surface area contributed by atoms with Crippen LogP contribution in [0.5, 0.6) is 0 Å². The SMILES string of the molecule is CCCOCCn1nccc1C. The van der Waals surface area contributed by atoms with E-state index in [1.807, 2.05) is 23.9 Å². The van der Waals surface area contributed by atoms with Crippen LogP contribution in [0.4, 0.5) is 0 Å². The van der Waals surface area contributed by atoms with Crippen LogP contribution in [0.25, 0.3) is 0 Å². The Labute approximate surface area is 73.3 Å². The number of nitrogens with zero attached hydrogens (tertiary/aromatic N) is 2. The molecule has 1 aromatic heterocycles. The van der Waals surface area contributed by atoms with Crippen LogP contribution in [-0.2, 0) is 11.3 Å². The quantitative estimate of drug-likeness (QED) is 0.625. The number of ether oxygens (including phenoxy) is 1. The van der Waals surface area contributed by atoms with Gasteiger partial charge in [0.25, 0.3) is 0 Å². The predicted octanol–water partition coefficient (Wildman–Crippen LogP) is 1.62. The second-order valence-electron chi connectivity index (χ2n) is 2.81. The van der Waals surface area contributed by atoms with E-state index in [1.165, 1.54) is 5.69 Å². The Hall–Kier alpha value is -0.830. The molecule has 0 aliphatic carbocycles. The Kier molecular flexibility index (Phi) is 3.80. The summed E-state index contributed by atoms with van der Waals surface area (Å²) in [6.07, 6.45) is 2.90. The fourth-order valence-corrected chi connectivity index (χ4v) is 1.03. The van der Waals surface area contributed by atoms with Gasteiger partial charge in [0.05, 0.1) is 13.2 Å². The first-order chi connectivity index (χ1) is 5.84. The molecule has 0 saturated heterocycles. The van der Waals surface area contributed by atoms with E-state index in [0.29, 0.717) is 0 Å². The van der Waals surface area contributed by atoms with Crippen LogP contribution in [0.3, 0.4) is 0 Å². The van der Waals surface area contributed by atoms with Gasteiger partial charge in [-0.15, -0.1) is 0 Å². The number of rotatable bonds is 5. The van der Waals surface area contributed by atoms with Crippen LogP contribution in [0.2, 0.25) is 0 Å². The molecule has 1 aromatic rings. The highest BCUT2D eigenvalue weighted by Crippen LogP contribution is 1.95. The fraction of sp³-hybridized carbons (Fsp3) is 0.667. The standard InChI is InChI=1S/C9H16N2O/c1-3-7-12-8-6-11-9(2)4-5-10-11/h4-5H,3,6-8H2,1-2H3. The molecule has 0 radical (unpaired) electrons.